The van der Waals surface area contributed by atoms with E-state index in [0.717, 1.165) is 18.8 Å². The van der Waals surface area contributed by atoms with Crippen LogP contribution < -0.4 is 9.64 Å². The maximum Gasteiger partial charge on any atom is 0.522 e. The van der Waals surface area contributed by atoms with Crippen LogP contribution in [0, 0.1) is 0 Å². The molecule has 3 rings (SSSR count). The van der Waals surface area contributed by atoms with Crippen molar-refractivity contribution in [3.8, 4) is 6.01 Å². The molecule has 0 bridgehead atoms. The Balaban J connectivity index is 1.73. The van der Waals surface area contributed by atoms with Crippen molar-refractivity contribution in [1.29, 1.82) is 0 Å². The molecule has 0 saturated carbocycles. The molecule has 2 aromatic rings. The van der Waals surface area contributed by atoms with Gasteiger partial charge in [0.2, 0.25) is 5.91 Å². The number of nitrogens with zero attached hydrogens (tertiary/aromatic N) is 3. The molecule has 0 N–H and O–H groups in total. The molecule has 1 aliphatic heterocycles. The number of carbonyl (C=O) groups is 1. The van der Waals surface area contributed by atoms with Gasteiger partial charge in [-0.15, -0.1) is 13.2 Å². The number of methoxy groups -OCH3 is 1. The summed E-state index contributed by atoms with van der Waals surface area (Å²) in [4.78, 5) is 19.2. The average molecular weight is 401 g/mol. The molecule has 2 heterocycles. The Morgan fingerprint density at radius 1 is 1.25 bits per heavy atom. The lowest BCUT2D eigenvalue weighted by Gasteiger charge is -2.28. The molecule has 0 spiro atoms. The molecular weight excluding hydrogens is 379 g/mol. The number of ether oxygens (including phenoxy) is 3. The van der Waals surface area contributed by atoms with E-state index < -0.39 is 13.0 Å². The minimum atomic E-state index is -4.65. The van der Waals surface area contributed by atoms with Gasteiger partial charge < -0.3 is 14.4 Å². The second-order valence-corrected chi connectivity index (χ2v) is 6.35. The quantitative estimate of drug-likeness (QED) is 0.664. The first-order valence-electron chi connectivity index (χ1n) is 9.02. The van der Waals surface area contributed by atoms with Crippen molar-refractivity contribution >= 4 is 22.6 Å². The van der Waals surface area contributed by atoms with Gasteiger partial charge in [0.25, 0.3) is 0 Å². The van der Waals surface area contributed by atoms with Crippen LogP contribution >= 0.6 is 0 Å². The number of morpholine rings is 1. The van der Waals surface area contributed by atoms with E-state index >= 15 is 0 Å². The second kappa shape index (κ2) is 8.78. The van der Waals surface area contributed by atoms with Crippen molar-refractivity contribution in [2.75, 3.05) is 44.9 Å². The normalized spacial score (nSPS) is 15.2. The van der Waals surface area contributed by atoms with Crippen LogP contribution in [0.15, 0.2) is 18.2 Å². The summed E-state index contributed by atoms with van der Waals surface area (Å²) < 4.78 is 51.7. The van der Waals surface area contributed by atoms with Gasteiger partial charge in [0.1, 0.15) is 0 Å². The zero-order chi connectivity index (χ0) is 20.1. The van der Waals surface area contributed by atoms with Gasteiger partial charge in [0.15, 0.2) is 0 Å². The Morgan fingerprint density at radius 3 is 2.68 bits per heavy atom. The van der Waals surface area contributed by atoms with E-state index in [1.807, 2.05) is 18.2 Å². The third kappa shape index (κ3) is 4.93. The molecule has 10 heteroatoms. The molecule has 0 amide bonds. The molecule has 1 saturated heterocycles. The zero-order valence-corrected chi connectivity index (χ0v) is 15.5. The van der Waals surface area contributed by atoms with Crippen molar-refractivity contribution in [2.24, 2.45) is 0 Å². The highest BCUT2D eigenvalue weighted by Crippen LogP contribution is 2.27. The molecule has 0 radical (unpaired) electrons. The van der Waals surface area contributed by atoms with E-state index in [0.29, 0.717) is 24.2 Å². The summed E-state index contributed by atoms with van der Waals surface area (Å²) in [5, 5.41) is 0. The fourth-order valence-corrected chi connectivity index (χ4v) is 3.12. The summed E-state index contributed by atoms with van der Waals surface area (Å²) >= 11 is 0. The average Bonchev–Trinajstić information content (AvgIpc) is 3.05. The summed E-state index contributed by atoms with van der Waals surface area (Å²) in [6.07, 6.45) is -4.20. The third-order valence-electron chi connectivity index (χ3n) is 4.47. The number of fused-ring (bicyclic) bond motifs is 1. The smallest absolute Gasteiger partial charge is 0.468 e. The Hall–Kier alpha value is -2.33. The van der Waals surface area contributed by atoms with Gasteiger partial charge in [-0.05, 0) is 31.0 Å². The Morgan fingerprint density at radius 2 is 2.00 bits per heavy atom. The molecular formula is C18H22F3N3O4. The van der Waals surface area contributed by atoms with E-state index in [1.54, 1.807) is 0 Å². The number of aromatic nitrogens is 2. The minimum Gasteiger partial charge on any atom is -0.468 e. The molecule has 0 unspecified atom stereocenters. The third-order valence-corrected chi connectivity index (χ3v) is 4.47. The van der Waals surface area contributed by atoms with Crippen LogP contribution in [0.2, 0.25) is 0 Å². The van der Waals surface area contributed by atoms with Gasteiger partial charge in [-0.25, -0.2) is 4.57 Å². The fraction of sp³-hybridized carbons (Fsp3) is 0.556. The van der Waals surface area contributed by atoms with Gasteiger partial charge in [-0.3, -0.25) is 9.53 Å². The minimum absolute atomic E-state index is 0.0603. The summed E-state index contributed by atoms with van der Waals surface area (Å²) in [7, 11) is 1.42. The highest BCUT2D eigenvalue weighted by molar-refractivity contribution is 5.93. The van der Waals surface area contributed by atoms with E-state index in [4.69, 9.17) is 9.47 Å². The summed E-state index contributed by atoms with van der Waals surface area (Å²) in [5.41, 5.74) is 2.17. The number of rotatable bonds is 7. The number of unbranched alkanes of at least 4 members (excludes halogenated alkanes) is 1. The molecule has 1 fully saturated rings. The summed E-state index contributed by atoms with van der Waals surface area (Å²) in [5.74, 6) is -0.287. The predicted molar refractivity (Wildman–Crippen MR) is 95.8 cm³/mol. The highest BCUT2D eigenvalue weighted by atomic mass is 19.4. The fourth-order valence-electron chi connectivity index (χ4n) is 3.12. The van der Waals surface area contributed by atoms with Crippen LogP contribution in [0.25, 0.3) is 11.0 Å². The molecule has 1 aromatic heterocycles. The number of hydrogen-bond acceptors (Lipinski definition) is 6. The van der Waals surface area contributed by atoms with Gasteiger partial charge >= 0.3 is 12.4 Å². The molecule has 1 aromatic carbocycles. The first-order valence-corrected chi connectivity index (χ1v) is 9.02. The topological polar surface area (TPSA) is 65.8 Å². The van der Waals surface area contributed by atoms with Crippen molar-refractivity contribution in [3.63, 3.8) is 0 Å². The lowest BCUT2D eigenvalue weighted by molar-refractivity contribution is -0.324. The van der Waals surface area contributed by atoms with Crippen LogP contribution in [-0.2, 0) is 9.47 Å². The van der Waals surface area contributed by atoms with Gasteiger partial charge in [0.05, 0.1) is 38.0 Å². The van der Waals surface area contributed by atoms with E-state index in [-0.39, 0.29) is 31.2 Å². The van der Waals surface area contributed by atoms with E-state index in [2.05, 4.69) is 14.6 Å². The van der Waals surface area contributed by atoms with Gasteiger partial charge in [-0.1, -0.05) is 0 Å². The highest BCUT2D eigenvalue weighted by Gasteiger charge is 2.28. The van der Waals surface area contributed by atoms with Crippen molar-refractivity contribution in [1.82, 2.24) is 9.55 Å². The van der Waals surface area contributed by atoms with Crippen molar-refractivity contribution < 1.29 is 32.2 Å². The van der Waals surface area contributed by atoms with Crippen molar-refractivity contribution in [2.45, 2.75) is 25.6 Å². The Labute approximate surface area is 160 Å². The SMILES string of the molecule is COc1nc2ccc(N3CCOCC3)cc2n1C(=O)CCCCOC(F)(F)F. The number of imidazole rings is 1. The standard InChI is InChI=1S/C18H22F3N3O4/c1-26-17-22-14-6-5-13(23-7-10-27-11-8-23)12-15(14)24(17)16(25)4-2-3-9-28-18(19,20)21/h5-6,12H,2-4,7-11H2,1H3. The maximum absolute atomic E-state index is 12.7. The molecule has 0 aliphatic carbocycles. The molecule has 154 valence electrons. The number of alkyl halides is 3. The largest absolute Gasteiger partial charge is 0.522 e. The van der Waals surface area contributed by atoms with Gasteiger partial charge in [-0.2, -0.15) is 4.98 Å². The first kappa shape index (κ1) is 20.4. The maximum atomic E-state index is 12.7. The van der Waals surface area contributed by atoms with Crippen LogP contribution in [0.3, 0.4) is 0 Å². The predicted octanol–water partition coefficient (Wildman–Crippen LogP) is 3.23. The number of benzene rings is 1. The van der Waals surface area contributed by atoms with Crippen LogP contribution in [-0.4, -0.2) is 61.8 Å². The van der Waals surface area contributed by atoms with Gasteiger partial charge in [0, 0.05) is 25.2 Å². The number of halogens is 3. The van der Waals surface area contributed by atoms with Crippen LogP contribution in [0.4, 0.5) is 18.9 Å². The first-order chi connectivity index (χ1) is 13.4. The number of carbonyl (C=O) groups excluding carboxylic acids is 1. The van der Waals surface area contributed by atoms with E-state index in [9.17, 15) is 18.0 Å². The lowest BCUT2D eigenvalue weighted by atomic mass is 10.2. The summed E-state index contributed by atoms with van der Waals surface area (Å²) in [6.45, 7) is 2.31. The summed E-state index contributed by atoms with van der Waals surface area (Å²) in [6, 6.07) is 5.79. The number of hydrogen-bond donors (Lipinski definition) is 0. The van der Waals surface area contributed by atoms with Crippen LogP contribution in [0.1, 0.15) is 24.1 Å². The second-order valence-electron chi connectivity index (χ2n) is 6.35. The molecule has 7 nitrogen and oxygen atoms in total. The van der Waals surface area contributed by atoms with Crippen molar-refractivity contribution in [3.05, 3.63) is 18.2 Å². The lowest BCUT2D eigenvalue weighted by Crippen LogP contribution is -2.36. The molecule has 1 aliphatic rings. The Kier molecular flexibility index (Phi) is 6.40. The Bertz CT molecular complexity index is 816. The zero-order valence-electron chi connectivity index (χ0n) is 15.5. The molecule has 28 heavy (non-hydrogen) atoms. The molecule has 0 atom stereocenters. The monoisotopic (exact) mass is 401 g/mol. The van der Waals surface area contributed by atoms with Crippen LogP contribution in [0.5, 0.6) is 6.01 Å². The van der Waals surface area contributed by atoms with E-state index in [1.165, 1.54) is 11.7 Å². The number of anilines is 1.